The maximum Gasteiger partial charge on any atom is 0.138 e. The quantitative estimate of drug-likeness (QED) is 0.901. The van der Waals surface area contributed by atoms with Gasteiger partial charge in [-0.1, -0.05) is 28.9 Å². The Bertz CT molecular complexity index is 595. The van der Waals surface area contributed by atoms with Crippen LogP contribution in [0.4, 0.5) is 0 Å². The van der Waals surface area contributed by atoms with E-state index in [4.69, 9.17) is 16.1 Å². The Balaban J connectivity index is 1.56. The Morgan fingerprint density at radius 1 is 1.24 bits per heavy atom. The average molecular weight is 305 g/mol. The third-order valence-corrected chi connectivity index (χ3v) is 4.74. The summed E-state index contributed by atoms with van der Waals surface area (Å²) in [6.45, 7) is 6.16. The first-order valence-corrected chi connectivity index (χ1v) is 7.86. The molecule has 21 heavy (non-hydrogen) atoms. The first kappa shape index (κ1) is 14.6. The van der Waals surface area contributed by atoms with Crippen molar-refractivity contribution in [3.8, 4) is 0 Å². The van der Waals surface area contributed by atoms with Gasteiger partial charge in [-0.05, 0) is 57.2 Å². The van der Waals surface area contributed by atoms with Crippen LogP contribution in [-0.4, -0.2) is 11.2 Å². The zero-order valence-electron chi connectivity index (χ0n) is 12.7. The van der Waals surface area contributed by atoms with Crippen molar-refractivity contribution in [3.05, 3.63) is 51.9 Å². The smallest absolute Gasteiger partial charge is 0.138 e. The molecule has 112 valence electrons. The van der Waals surface area contributed by atoms with Gasteiger partial charge in [-0.3, -0.25) is 0 Å². The third-order valence-electron chi connectivity index (χ3n) is 4.49. The van der Waals surface area contributed by atoms with Gasteiger partial charge in [0.2, 0.25) is 0 Å². The molecule has 0 aliphatic heterocycles. The van der Waals surface area contributed by atoms with Crippen LogP contribution >= 0.6 is 11.6 Å². The lowest BCUT2D eigenvalue weighted by atomic mass is 9.75. The Morgan fingerprint density at radius 3 is 2.48 bits per heavy atom. The standard InChI is InChI=1S/C17H21ClN2O/c1-10(17-11(2)20-21-12(17)3)19-16-8-14(9-16)13-4-6-15(18)7-5-13/h4-7,10,14,16,19H,8-9H2,1-3H3. The predicted octanol–water partition coefficient (Wildman–Crippen LogP) is 4.54. The van der Waals surface area contributed by atoms with Crippen molar-refractivity contribution in [2.75, 3.05) is 0 Å². The number of benzene rings is 1. The molecule has 1 aromatic heterocycles. The van der Waals surface area contributed by atoms with Crippen LogP contribution in [0.3, 0.4) is 0 Å². The van der Waals surface area contributed by atoms with Crippen molar-refractivity contribution >= 4 is 11.6 Å². The maximum atomic E-state index is 5.93. The second kappa shape index (κ2) is 5.82. The monoisotopic (exact) mass is 304 g/mol. The van der Waals surface area contributed by atoms with Crippen LogP contribution in [0.2, 0.25) is 5.02 Å². The molecule has 1 fully saturated rings. The molecule has 4 heteroatoms. The molecule has 1 unspecified atom stereocenters. The summed E-state index contributed by atoms with van der Waals surface area (Å²) in [4.78, 5) is 0. The van der Waals surface area contributed by atoms with Crippen LogP contribution in [0.25, 0.3) is 0 Å². The summed E-state index contributed by atoms with van der Waals surface area (Å²) in [5.41, 5.74) is 3.58. The van der Waals surface area contributed by atoms with Crippen LogP contribution < -0.4 is 5.32 Å². The Labute approximate surface area is 130 Å². The SMILES string of the molecule is Cc1noc(C)c1C(C)NC1CC(c2ccc(Cl)cc2)C1. The molecule has 1 N–H and O–H groups in total. The summed E-state index contributed by atoms with van der Waals surface area (Å²) in [6.07, 6.45) is 2.35. The summed E-state index contributed by atoms with van der Waals surface area (Å²) in [6, 6.07) is 9.08. The number of hydrogen-bond donors (Lipinski definition) is 1. The minimum Gasteiger partial charge on any atom is -0.361 e. The van der Waals surface area contributed by atoms with E-state index in [1.807, 2.05) is 26.0 Å². The van der Waals surface area contributed by atoms with E-state index in [9.17, 15) is 0 Å². The van der Waals surface area contributed by atoms with Crippen molar-refractivity contribution in [2.45, 2.75) is 51.6 Å². The molecule has 2 aromatic rings. The lowest BCUT2D eigenvalue weighted by Gasteiger charge is -2.38. The van der Waals surface area contributed by atoms with Gasteiger partial charge in [0, 0.05) is 22.7 Å². The first-order valence-electron chi connectivity index (χ1n) is 7.49. The number of aryl methyl sites for hydroxylation is 2. The molecule has 1 atom stereocenters. The largest absolute Gasteiger partial charge is 0.361 e. The summed E-state index contributed by atoms with van der Waals surface area (Å²) in [5.74, 6) is 1.57. The molecule has 0 spiro atoms. The highest BCUT2D eigenvalue weighted by molar-refractivity contribution is 6.30. The molecule has 3 nitrogen and oxygen atoms in total. The fraction of sp³-hybridized carbons (Fsp3) is 0.471. The van der Waals surface area contributed by atoms with Crippen molar-refractivity contribution in [1.82, 2.24) is 10.5 Å². The molecule has 1 saturated carbocycles. The Kier molecular flexibility index (Phi) is 4.05. The van der Waals surface area contributed by atoms with Crippen molar-refractivity contribution in [1.29, 1.82) is 0 Å². The molecule has 0 saturated heterocycles. The van der Waals surface area contributed by atoms with Crippen LogP contribution in [0.1, 0.15) is 54.3 Å². The van der Waals surface area contributed by atoms with Gasteiger partial charge in [-0.25, -0.2) is 0 Å². The zero-order valence-corrected chi connectivity index (χ0v) is 13.4. The topological polar surface area (TPSA) is 38.1 Å². The second-order valence-electron chi connectivity index (χ2n) is 6.04. The van der Waals surface area contributed by atoms with E-state index >= 15 is 0 Å². The minimum atomic E-state index is 0.285. The van der Waals surface area contributed by atoms with Gasteiger partial charge in [-0.2, -0.15) is 0 Å². The molecule has 0 radical (unpaired) electrons. The van der Waals surface area contributed by atoms with Gasteiger partial charge in [-0.15, -0.1) is 0 Å². The highest BCUT2D eigenvalue weighted by Gasteiger charge is 2.32. The van der Waals surface area contributed by atoms with Gasteiger partial charge in [0.25, 0.3) is 0 Å². The van der Waals surface area contributed by atoms with Crippen LogP contribution in [0, 0.1) is 13.8 Å². The number of aromatic nitrogens is 1. The molecule has 1 aromatic carbocycles. The van der Waals surface area contributed by atoms with E-state index in [1.165, 1.54) is 24.0 Å². The van der Waals surface area contributed by atoms with Crippen molar-refractivity contribution < 1.29 is 4.52 Å². The molecular formula is C17H21ClN2O. The average Bonchev–Trinajstić information content (AvgIpc) is 2.74. The van der Waals surface area contributed by atoms with Gasteiger partial charge < -0.3 is 9.84 Å². The molecular weight excluding hydrogens is 284 g/mol. The first-order chi connectivity index (χ1) is 10.0. The molecule has 1 heterocycles. The van der Waals surface area contributed by atoms with Crippen molar-refractivity contribution in [2.24, 2.45) is 0 Å². The van der Waals surface area contributed by atoms with Crippen LogP contribution in [-0.2, 0) is 0 Å². The summed E-state index contributed by atoms with van der Waals surface area (Å²) in [7, 11) is 0. The van der Waals surface area contributed by atoms with E-state index in [1.54, 1.807) is 0 Å². The molecule has 1 aliphatic carbocycles. The normalized spacial score (nSPS) is 22.9. The number of nitrogens with zero attached hydrogens (tertiary/aromatic N) is 1. The molecule has 0 amide bonds. The van der Waals surface area contributed by atoms with Gasteiger partial charge in [0.1, 0.15) is 5.76 Å². The predicted molar refractivity (Wildman–Crippen MR) is 84.7 cm³/mol. The minimum absolute atomic E-state index is 0.285. The molecule has 3 rings (SSSR count). The Hall–Kier alpha value is -1.32. The number of halogens is 1. The van der Waals surface area contributed by atoms with Gasteiger partial charge in [0.05, 0.1) is 5.69 Å². The summed E-state index contributed by atoms with van der Waals surface area (Å²) in [5, 5.41) is 8.52. The summed E-state index contributed by atoms with van der Waals surface area (Å²) < 4.78 is 5.25. The molecule has 1 aliphatic rings. The van der Waals surface area contributed by atoms with E-state index in [0.717, 1.165) is 16.5 Å². The third kappa shape index (κ3) is 2.99. The maximum absolute atomic E-state index is 5.93. The fourth-order valence-corrected chi connectivity index (χ4v) is 3.43. The number of hydrogen-bond acceptors (Lipinski definition) is 3. The van der Waals surface area contributed by atoms with E-state index in [0.29, 0.717) is 12.0 Å². The second-order valence-corrected chi connectivity index (χ2v) is 6.48. The Morgan fingerprint density at radius 2 is 1.90 bits per heavy atom. The van der Waals surface area contributed by atoms with E-state index in [-0.39, 0.29) is 6.04 Å². The highest BCUT2D eigenvalue weighted by Crippen LogP contribution is 2.38. The fourth-order valence-electron chi connectivity index (χ4n) is 3.31. The lowest BCUT2D eigenvalue weighted by Crippen LogP contribution is -2.41. The van der Waals surface area contributed by atoms with Crippen LogP contribution in [0.15, 0.2) is 28.8 Å². The lowest BCUT2D eigenvalue weighted by molar-refractivity contribution is 0.270. The van der Waals surface area contributed by atoms with Gasteiger partial charge >= 0.3 is 0 Å². The highest BCUT2D eigenvalue weighted by atomic mass is 35.5. The van der Waals surface area contributed by atoms with Crippen LogP contribution in [0.5, 0.6) is 0 Å². The number of nitrogens with one attached hydrogen (secondary N) is 1. The summed E-state index contributed by atoms with van der Waals surface area (Å²) >= 11 is 5.93. The van der Waals surface area contributed by atoms with E-state index in [2.05, 4.69) is 29.5 Å². The molecule has 0 bridgehead atoms. The number of rotatable bonds is 4. The zero-order chi connectivity index (χ0) is 15.0. The van der Waals surface area contributed by atoms with Crippen molar-refractivity contribution in [3.63, 3.8) is 0 Å². The van der Waals surface area contributed by atoms with E-state index < -0.39 is 0 Å². The van der Waals surface area contributed by atoms with Gasteiger partial charge in [0.15, 0.2) is 0 Å².